The van der Waals surface area contributed by atoms with Crippen LogP contribution in [-0.4, -0.2) is 33.2 Å². The van der Waals surface area contributed by atoms with Crippen LogP contribution < -0.4 is 10.2 Å². The Morgan fingerprint density at radius 1 is 1.06 bits per heavy atom. The molecule has 6 nitrogen and oxygen atoms in total. The van der Waals surface area contributed by atoms with Crippen molar-refractivity contribution in [1.82, 2.24) is 15.1 Å². The maximum atomic E-state index is 13.8. The first-order valence-corrected chi connectivity index (χ1v) is 12.3. The lowest BCUT2D eigenvalue weighted by Crippen LogP contribution is -2.65. The molecule has 5 rings (SSSR count). The van der Waals surface area contributed by atoms with Gasteiger partial charge in [0.25, 0.3) is 5.91 Å². The van der Waals surface area contributed by atoms with Crippen molar-refractivity contribution in [1.29, 1.82) is 0 Å². The lowest BCUT2D eigenvalue weighted by Gasteiger charge is -2.43. The van der Waals surface area contributed by atoms with E-state index in [1.54, 1.807) is 21.7 Å². The number of benzene rings is 1. The first-order valence-electron chi connectivity index (χ1n) is 11.9. The molecule has 7 heteroatoms. The van der Waals surface area contributed by atoms with Gasteiger partial charge in [0.05, 0.1) is 12.2 Å². The van der Waals surface area contributed by atoms with Crippen LogP contribution in [0, 0.1) is 0 Å². The van der Waals surface area contributed by atoms with Gasteiger partial charge in [0, 0.05) is 22.7 Å². The number of fused-ring (bicyclic) bond motifs is 1. The second kappa shape index (κ2) is 8.54. The molecule has 2 aromatic rings. The molecule has 1 aliphatic heterocycles. The third kappa shape index (κ3) is 4.05. The van der Waals surface area contributed by atoms with Gasteiger partial charge in [-0.2, -0.15) is 5.10 Å². The van der Waals surface area contributed by atoms with Gasteiger partial charge in [-0.25, -0.2) is 0 Å². The molecule has 2 heterocycles. The van der Waals surface area contributed by atoms with Crippen molar-refractivity contribution in [2.45, 2.75) is 88.8 Å². The minimum Gasteiger partial charge on any atom is -0.351 e. The molecule has 1 atom stereocenters. The molecule has 1 aromatic heterocycles. The van der Waals surface area contributed by atoms with Gasteiger partial charge in [0.1, 0.15) is 11.2 Å². The first-order chi connectivity index (χ1) is 15.5. The summed E-state index contributed by atoms with van der Waals surface area (Å²) >= 11 is 6.11. The minimum absolute atomic E-state index is 0.111. The van der Waals surface area contributed by atoms with Gasteiger partial charge in [-0.3, -0.25) is 19.2 Å². The molecule has 0 spiro atoms. The molecule has 1 N–H and O–H groups in total. The molecule has 2 fully saturated rings. The summed E-state index contributed by atoms with van der Waals surface area (Å²) in [6, 6.07) is 9.22. The summed E-state index contributed by atoms with van der Waals surface area (Å²) in [7, 11) is 0. The normalized spacial score (nSPS) is 24.6. The van der Waals surface area contributed by atoms with Crippen molar-refractivity contribution in [3.8, 4) is 0 Å². The van der Waals surface area contributed by atoms with Crippen molar-refractivity contribution in [3.63, 3.8) is 0 Å². The monoisotopic (exact) mass is 454 g/mol. The molecule has 2 saturated carbocycles. The van der Waals surface area contributed by atoms with Crippen molar-refractivity contribution in [2.75, 3.05) is 4.90 Å². The van der Waals surface area contributed by atoms with Gasteiger partial charge in [-0.15, -0.1) is 0 Å². The number of carbonyl (C=O) groups excluding carboxylic acids is 2. The van der Waals surface area contributed by atoms with Gasteiger partial charge in [0.2, 0.25) is 5.91 Å². The quantitative estimate of drug-likeness (QED) is 0.701. The minimum atomic E-state index is -1.08. The summed E-state index contributed by atoms with van der Waals surface area (Å²) < 4.78 is 1.75. The van der Waals surface area contributed by atoms with Crippen LogP contribution in [-0.2, 0) is 11.3 Å². The van der Waals surface area contributed by atoms with E-state index in [9.17, 15) is 9.59 Å². The number of aromatic nitrogens is 2. The van der Waals surface area contributed by atoms with Gasteiger partial charge < -0.3 is 5.32 Å². The fraction of sp³-hybridized carbons (Fsp3) is 0.560. The third-order valence-electron chi connectivity index (χ3n) is 7.18. The van der Waals surface area contributed by atoms with E-state index in [0.717, 1.165) is 44.2 Å². The molecule has 0 bridgehead atoms. The maximum Gasteiger partial charge on any atom is 0.277 e. The summed E-state index contributed by atoms with van der Waals surface area (Å²) in [4.78, 5) is 29.1. The largest absolute Gasteiger partial charge is 0.351 e. The number of amides is 2. The Labute approximate surface area is 194 Å². The molecule has 0 unspecified atom stereocenters. The predicted octanol–water partition coefficient (Wildman–Crippen LogP) is 5.06. The van der Waals surface area contributed by atoms with Crippen LogP contribution in [0.25, 0.3) is 0 Å². The van der Waals surface area contributed by atoms with E-state index < -0.39 is 5.54 Å². The number of nitrogens with zero attached hydrogens (tertiary/aromatic N) is 3. The molecule has 170 valence electrons. The topological polar surface area (TPSA) is 67.2 Å². The number of hydrogen-bond donors (Lipinski definition) is 1. The highest BCUT2D eigenvalue weighted by atomic mass is 35.5. The van der Waals surface area contributed by atoms with E-state index in [0.29, 0.717) is 28.9 Å². The van der Waals surface area contributed by atoms with Crippen LogP contribution in [0.4, 0.5) is 5.69 Å². The highest BCUT2D eigenvalue weighted by molar-refractivity contribution is 6.30. The number of halogens is 1. The first kappa shape index (κ1) is 21.5. The van der Waals surface area contributed by atoms with Crippen molar-refractivity contribution in [3.05, 3.63) is 46.7 Å². The second-order valence-corrected chi connectivity index (χ2v) is 10.2. The molecular weight excluding hydrogens is 424 g/mol. The van der Waals surface area contributed by atoms with Crippen LogP contribution in [0.1, 0.15) is 86.8 Å². The fourth-order valence-corrected chi connectivity index (χ4v) is 5.24. The average molecular weight is 455 g/mol. The number of carbonyl (C=O) groups is 2. The molecule has 0 saturated heterocycles. The van der Waals surface area contributed by atoms with Gasteiger partial charge in [0.15, 0.2) is 0 Å². The zero-order valence-corrected chi connectivity index (χ0v) is 19.4. The lowest BCUT2D eigenvalue weighted by atomic mass is 9.91. The number of hydrogen-bond acceptors (Lipinski definition) is 3. The fourth-order valence-electron chi connectivity index (χ4n) is 5.12. The SMILES string of the molecule is C[C@]1(C(=O)NC2CCCCCCC2)Cn2nc(C3CC3)cc2C(=O)N1c1ccc(Cl)cc1. The summed E-state index contributed by atoms with van der Waals surface area (Å²) in [5.74, 6) is 0.147. The molecule has 32 heavy (non-hydrogen) atoms. The Balaban J connectivity index is 1.49. The van der Waals surface area contributed by atoms with E-state index in [2.05, 4.69) is 5.32 Å². The molecule has 0 radical (unpaired) electrons. The van der Waals surface area contributed by atoms with E-state index in [1.807, 2.05) is 25.1 Å². The van der Waals surface area contributed by atoms with Crippen molar-refractivity contribution >= 4 is 29.1 Å². The Hall–Kier alpha value is -2.34. The van der Waals surface area contributed by atoms with Crippen LogP contribution in [0.15, 0.2) is 30.3 Å². The lowest BCUT2D eigenvalue weighted by molar-refractivity contribution is -0.127. The average Bonchev–Trinajstić information content (AvgIpc) is 3.51. The summed E-state index contributed by atoms with van der Waals surface area (Å²) in [6.45, 7) is 2.20. The second-order valence-electron chi connectivity index (χ2n) is 9.79. The highest BCUT2D eigenvalue weighted by Gasteiger charge is 2.49. The summed E-state index contributed by atoms with van der Waals surface area (Å²) in [5, 5.41) is 8.62. The molecular formula is C25H31ClN4O2. The Bertz CT molecular complexity index is 1010. The van der Waals surface area contributed by atoms with E-state index in [-0.39, 0.29) is 17.9 Å². The maximum absolute atomic E-state index is 13.8. The van der Waals surface area contributed by atoms with Crippen LogP contribution in [0.2, 0.25) is 5.02 Å². The van der Waals surface area contributed by atoms with E-state index in [1.165, 1.54) is 19.3 Å². The Morgan fingerprint density at radius 2 is 1.72 bits per heavy atom. The Morgan fingerprint density at radius 3 is 2.38 bits per heavy atom. The molecule has 2 aliphatic carbocycles. The smallest absolute Gasteiger partial charge is 0.277 e. The van der Waals surface area contributed by atoms with Gasteiger partial charge >= 0.3 is 0 Å². The van der Waals surface area contributed by atoms with Crippen LogP contribution in [0.3, 0.4) is 0 Å². The van der Waals surface area contributed by atoms with Crippen molar-refractivity contribution in [2.24, 2.45) is 0 Å². The number of rotatable bonds is 4. The summed E-state index contributed by atoms with van der Waals surface area (Å²) in [5.41, 5.74) is 1.12. The highest BCUT2D eigenvalue weighted by Crippen LogP contribution is 2.41. The summed E-state index contributed by atoms with van der Waals surface area (Å²) in [6.07, 6.45) is 10.2. The van der Waals surface area contributed by atoms with Crippen LogP contribution in [0.5, 0.6) is 0 Å². The molecule has 1 aromatic carbocycles. The number of anilines is 1. The zero-order chi connectivity index (χ0) is 22.3. The predicted molar refractivity (Wildman–Crippen MR) is 125 cm³/mol. The molecule has 2 amide bonds. The van der Waals surface area contributed by atoms with Crippen LogP contribution >= 0.6 is 11.6 Å². The third-order valence-corrected chi connectivity index (χ3v) is 7.43. The standard InChI is InChI=1S/C25H31ClN4O2/c1-25(24(32)27-19-7-5-3-2-4-6-8-19)16-29-22(15-21(28-29)17-9-10-17)23(31)30(25)20-13-11-18(26)12-14-20/h11-15,17,19H,2-10,16H2,1H3,(H,27,32)/t25-/m1/s1. The van der Waals surface area contributed by atoms with Crippen molar-refractivity contribution < 1.29 is 9.59 Å². The molecule has 3 aliphatic rings. The van der Waals surface area contributed by atoms with Gasteiger partial charge in [-0.05, 0) is 62.9 Å². The Kier molecular flexibility index (Phi) is 5.74. The van der Waals surface area contributed by atoms with E-state index >= 15 is 0 Å². The van der Waals surface area contributed by atoms with E-state index in [4.69, 9.17) is 16.7 Å². The number of nitrogens with one attached hydrogen (secondary N) is 1. The van der Waals surface area contributed by atoms with Gasteiger partial charge in [-0.1, -0.05) is 43.7 Å². The zero-order valence-electron chi connectivity index (χ0n) is 18.6.